The van der Waals surface area contributed by atoms with Crippen molar-refractivity contribution in [1.29, 1.82) is 0 Å². The minimum Gasteiger partial charge on any atom is -0.220 e. The molecule has 23 heavy (non-hydrogen) atoms. The molecule has 2 aromatic carbocycles. The predicted molar refractivity (Wildman–Crippen MR) is 92.8 cm³/mol. The van der Waals surface area contributed by atoms with E-state index in [2.05, 4.69) is 40.7 Å². The van der Waals surface area contributed by atoms with Gasteiger partial charge in [-0.15, -0.1) is 5.10 Å². The van der Waals surface area contributed by atoms with Crippen molar-refractivity contribution in [2.75, 3.05) is 0 Å². The molecule has 0 aliphatic heterocycles. The smallest absolute Gasteiger partial charge is 0.121 e. The molecule has 4 rings (SSSR count). The Hall–Kier alpha value is -3.20. The summed E-state index contributed by atoms with van der Waals surface area (Å²) in [6, 6.07) is 26.6. The van der Waals surface area contributed by atoms with Crippen LogP contribution in [-0.2, 0) is 0 Å². The van der Waals surface area contributed by atoms with Crippen molar-refractivity contribution in [3.8, 4) is 0 Å². The van der Waals surface area contributed by atoms with E-state index in [0.717, 1.165) is 27.9 Å². The number of fused-ring (bicyclic) bond motifs is 1. The SMILES string of the molecule is C(=C(/c1ccccc1)c1nnn2ccccc12)/c1ccccc1. The Kier molecular flexibility index (Phi) is 3.45. The fourth-order valence-electron chi connectivity index (χ4n) is 2.66. The maximum absolute atomic E-state index is 4.41. The highest BCUT2D eigenvalue weighted by atomic mass is 15.4. The molecule has 0 unspecified atom stereocenters. The van der Waals surface area contributed by atoms with E-state index in [1.807, 2.05) is 60.8 Å². The Morgan fingerprint density at radius 1 is 0.783 bits per heavy atom. The minimum atomic E-state index is 0.889. The van der Waals surface area contributed by atoms with Gasteiger partial charge in [-0.3, -0.25) is 0 Å². The van der Waals surface area contributed by atoms with E-state index in [1.54, 1.807) is 4.52 Å². The Labute approximate surface area is 134 Å². The van der Waals surface area contributed by atoms with E-state index in [1.165, 1.54) is 0 Å². The number of benzene rings is 2. The van der Waals surface area contributed by atoms with Gasteiger partial charge in [-0.1, -0.05) is 71.9 Å². The van der Waals surface area contributed by atoms with Crippen LogP contribution < -0.4 is 0 Å². The second-order valence-electron chi connectivity index (χ2n) is 5.30. The predicted octanol–water partition coefficient (Wildman–Crippen LogP) is 4.32. The highest BCUT2D eigenvalue weighted by Gasteiger charge is 2.13. The molecule has 2 heterocycles. The Morgan fingerprint density at radius 3 is 2.26 bits per heavy atom. The van der Waals surface area contributed by atoms with Gasteiger partial charge in [0, 0.05) is 11.8 Å². The van der Waals surface area contributed by atoms with Gasteiger partial charge in [0.05, 0.1) is 5.52 Å². The summed E-state index contributed by atoms with van der Waals surface area (Å²) in [6.07, 6.45) is 4.07. The van der Waals surface area contributed by atoms with Crippen molar-refractivity contribution < 1.29 is 0 Å². The third-order valence-electron chi connectivity index (χ3n) is 3.77. The normalized spacial score (nSPS) is 11.7. The monoisotopic (exact) mass is 297 g/mol. The van der Waals surface area contributed by atoms with Crippen LogP contribution in [0.1, 0.15) is 16.8 Å². The second-order valence-corrected chi connectivity index (χ2v) is 5.30. The molecule has 0 atom stereocenters. The number of hydrogen-bond acceptors (Lipinski definition) is 2. The maximum atomic E-state index is 4.41. The first kappa shape index (κ1) is 13.5. The van der Waals surface area contributed by atoms with Gasteiger partial charge in [0.15, 0.2) is 0 Å². The first-order chi connectivity index (χ1) is 11.4. The molecule has 110 valence electrons. The van der Waals surface area contributed by atoms with Gasteiger partial charge in [0.2, 0.25) is 0 Å². The largest absolute Gasteiger partial charge is 0.220 e. The van der Waals surface area contributed by atoms with Crippen LogP contribution in [0.15, 0.2) is 85.1 Å². The molecule has 2 aromatic heterocycles. The lowest BCUT2D eigenvalue weighted by atomic mass is 9.99. The average molecular weight is 297 g/mol. The first-order valence-electron chi connectivity index (χ1n) is 7.54. The number of hydrogen-bond donors (Lipinski definition) is 0. The summed E-state index contributed by atoms with van der Waals surface area (Å²) in [7, 11) is 0. The summed E-state index contributed by atoms with van der Waals surface area (Å²) in [5, 5.41) is 8.65. The lowest BCUT2D eigenvalue weighted by Gasteiger charge is -2.06. The first-order valence-corrected chi connectivity index (χ1v) is 7.54. The van der Waals surface area contributed by atoms with E-state index in [-0.39, 0.29) is 0 Å². The third kappa shape index (κ3) is 2.64. The van der Waals surface area contributed by atoms with Crippen LogP contribution in [-0.4, -0.2) is 14.8 Å². The van der Waals surface area contributed by atoms with Crippen LogP contribution in [0.25, 0.3) is 17.2 Å². The van der Waals surface area contributed by atoms with Gasteiger partial charge in [0.1, 0.15) is 5.69 Å². The molecule has 4 aromatic rings. The molecule has 3 heteroatoms. The molecule has 0 spiro atoms. The minimum absolute atomic E-state index is 0.889. The average Bonchev–Trinajstić information content (AvgIpc) is 3.05. The maximum Gasteiger partial charge on any atom is 0.121 e. The molecular formula is C20H15N3. The van der Waals surface area contributed by atoms with Crippen molar-refractivity contribution >= 4 is 17.2 Å². The van der Waals surface area contributed by atoms with E-state index in [9.17, 15) is 0 Å². The zero-order valence-electron chi connectivity index (χ0n) is 12.5. The topological polar surface area (TPSA) is 30.2 Å². The van der Waals surface area contributed by atoms with Gasteiger partial charge < -0.3 is 0 Å². The summed E-state index contributed by atoms with van der Waals surface area (Å²) >= 11 is 0. The molecular weight excluding hydrogens is 282 g/mol. The van der Waals surface area contributed by atoms with Crippen molar-refractivity contribution in [3.05, 3.63) is 102 Å². The number of aromatic nitrogens is 3. The van der Waals surface area contributed by atoms with Crippen molar-refractivity contribution in [3.63, 3.8) is 0 Å². The van der Waals surface area contributed by atoms with Gasteiger partial charge >= 0.3 is 0 Å². The molecule has 0 aliphatic carbocycles. The molecule has 0 fully saturated rings. The molecule has 3 nitrogen and oxygen atoms in total. The number of rotatable bonds is 3. The van der Waals surface area contributed by atoms with Gasteiger partial charge in [-0.25, -0.2) is 4.52 Å². The standard InChI is InChI=1S/C20H15N3/c1-3-9-16(10-4-1)15-18(17-11-5-2-6-12-17)20-19-13-7-8-14-23(19)22-21-20/h1-15H/b18-15+. The van der Waals surface area contributed by atoms with Crippen molar-refractivity contribution in [2.45, 2.75) is 0 Å². The van der Waals surface area contributed by atoms with E-state index < -0.39 is 0 Å². The van der Waals surface area contributed by atoms with Crippen LogP contribution in [0.5, 0.6) is 0 Å². The Balaban J connectivity index is 1.94. The molecule has 0 amide bonds. The quantitative estimate of drug-likeness (QED) is 0.527. The van der Waals surface area contributed by atoms with Crippen LogP contribution >= 0.6 is 0 Å². The van der Waals surface area contributed by atoms with Gasteiger partial charge in [-0.2, -0.15) is 0 Å². The summed E-state index contributed by atoms with van der Waals surface area (Å²) in [5.41, 5.74) is 5.23. The van der Waals surface area contributed by atoms with Crippen molar-refractivity contribution in [1.82, 2.24) is 14.8 Å². The zero-order valence-corrected chi connectivity index (χ0v) is 12.5. The summed E-state index contributed by atoms with van der Waals surface area (Å²) in [4.78, 5) is 0. The highest BCUT2D eigenvalue weighted by molar-refractivity contribution is 5.94. The number of nitrogens with zero attached hydrogens (tertiary/aromatic N) is 3. The summed E-state index contributed by atoms with van der Waals surface area (Å²) in [5.74, 6) is 0. The van der Waals surface area contributed by atoms with Crippen LogP contribution in [0.2, 0.25) is 0 Å². The van der Waals surface area contributed by atoms with E-state index in [0.29, 0.717) is 0 Å². The van der Waals surface area contributed by atoms with Crippen LogP contribution in [0.3, 0.4) is 0 Å². The molecule has 0 saturated carbocycles. The highest BCUT2D eigenvalue weighted by Crippen LogP contribution is 2.27. The molecule has 0 N–H and O–H groups in total. The molecule has 0 bridgehead atoms. The molecule has 0 aliphatic rings. The fourth-order valence-corrected chi connectivity index (χ4v) is 2.66. The summed E-state index contributed by atoms with van der Waals surface area (Å²) < 4.78 is 1.80. The zero-order chi connectivity index (χ0) is 15.5. The lowest BCUT2D eigenvalue weighted by molar-refractivity contribution is 0.853. The second kappa shape index (κ2) is 5.89. The van der Waals surface area contributed by atoms with Gasteiger partial charge in [-0.05, 0) is 29.3 Å². The van der Waals surface area contributed by atoms with E-state index >= 15 is 0 Å². The van der Waals surface area contributed by atoms with Crippen LogP contribution in [0, 0.1) is 0 Å². The van der Waals surface area contributed by atoms with Crippen molar-refractivity contribution in [2.24, 2.45) is 0 Å². The van der Waals surface area contributed by atoms with Gasteiger partial charge in [0.25, 0.3) is 0 Å². The molecule has 0 radical (unpaired) electrons. The van der Waals surface area contributed by atoms with Crippen LogP contribution in [0.4, 0.5) is 0 Å². The Bertz CT molecular complexity index is 954. The Morgan fingerprint density at radius 2 is 1.48 bits per heavy atom. The third-order valence-corrected chi connectivity index (χ3v) is 3.77. The number of pyridine rings is 1. The van der Waals surface area contributed by atoms with E-state index in [4.69, 9.17) is 0 Å². The molecule has 0 saturated heterocycles. The lowest BCUT2D eigenvalue weighted by Crippen LogP contribution is -1.90. The fraction of sp³-hybridized carbons (Fsp3) is 0. The summed E-state index contributed by atoms with van der Waals surface area (Å²) in [6.45, 7) is 0.